The second-order valence-corrected chi connectivity index (χ2v) is 9.48. The molecule has 0 radical (unpaired) electrons. The van der Waals surface area contributed by atoms with Crippen LogP contribution in [0.4, 0.5) is 4.79 Å². The first-order valence-corrected chi connectivity index (χ1v) is 9.86. The number of carbonyl (C=O) groups is 4. The summed E-state index contributed by atoms with van der Waals surface area (Å²) < 4.78 is 15.5. The molecule has 1 atom stereocenters. The fourth-order valence-electron chi connectivity index (χ4n) is 2.54. The van der Waals surface area contributed by atoms with E-state index < -0.39 is 45.9 Å². The topological polar surface area (TPSA) is 99.2 Å². The van der Waals surface area contributed by atoms with Gasteiger partial charge in [0.1, 0.15) is 17.8 Å². The van der Waals surface area contributed by atoms with Gasteiger partial charge in [0.2, 0.25) is 5.78 Å². The Kier molecular flexibility index (Phi) is 7.88. The van der Waals surface area contributed by atoms with E-state index in [1.54, 1.807) is 48.5 Å². The molecule has 0 aromatic carbocycles. The number of carbonyl (C=O) groups excluding carboxylic acids is 4. The van der Waals surface area contributed by atoms with Gasteiger partial charge < -0.3 is 14.2 Å². The van der Waals surface area contributed by atoms with Crippen LogP contribution in [0.2, 0.25) is 0 Å². The van der Waals surface area contributed by atoms with Crippen molar-refractivity contribution >= 4 is 35.4 Å². The van der Waals surface area contributed by atoms with Crippen molar-refractivity contribution in [1.82, 2.24) is 4.90 Å². The van der Waals surface area contributed by atoms with Crippen molar-refractivity contribution in [3.63, 3.8) is 0 Å². The molecule has 0 bridgehead atoms. The van der Waals surface area contributed by atoms with E-state index in [9.17, 15) is 19.2 Å². The molecule has 0 N–H and O–H groups in total. The smallest absolute Gasteiger partial charge is 0.410 e. The lowest BCUT2D eigenvalue weighted by Crippen LogP contribution is -2.54. The van der Waals surface area contributed by atoms with Crippen LogP contribution in [0.3, 0.4) is 0 Å². The van der Waals surface area contributed by atoms with Crippen molar-refractivity contribution in [2.24, 2.45) is 0 Å². The first-order chi connectivity index (χ1) is 13.5. The minimum Gasteiger partial charge on any atom is -0.458 e. The molecule has 0 saturated heterocycles. The minimum atomic E-state index is -2.74. The number of alkyl halides is 1. The van der Waals surface area contributed by atoms with E-state index in [1.807, 2.05) is 0 Å². The molecular weight excluding hydrogens is 414 g/mol. The van der Waals surface area contributed by atoms with E-state index in [0.29, 0.717) is 0 Å². The number of Topliss-reactive ketones (excluding diaryl/α,β-unsaturated/α-hetero) is 1. The largest absolute Gasteiger partial charge is 0.458 e. The Balaban J connectivity index is 3.24. The molecule has 0 saturated carbocycles. The van der Waals surface area contributed by atoms with Crippen LogP contribution in [0, 0.1) is 0 Å². The van der Waals surface area contributed by atoms with E-state index in [4.69, 9.17) is 25.8 Å². The normalized spacial score (nSPS) is 17.1. The quantitative estimate of drug-likeness (QED) is 0.204. The van der Waals surface area contributed by atoms with Gasteiger partial charge in [0.25, 0.3) is 4.87 Å². The predicted molar refractivity (Wildman–Crippen MR) is 111 cm³/mol. The minimum absolute atomic E-state index is 0.000589. The number of nitrogens with zero attached hydrogens (tertiary/aromatic N) is 1. The number of amides is 1. The van der Waals surface area contributed by atoms with Crippen LogP contribution in [0.15, 0.2) is 24.3 Å². The Morgan fingerprint density at radius 1 is 1.10 bits per heavy atom. The number of ether oxygens (including phenoxy) is 3. The van der Waals surface area contributed by atoms with Crippen LogP contribution >= 0.6 is 11.6 Å². The summed E-state index contributed by atoms with van der Waals surface area (Å²) in [7, 11) is 0. The van der Waals surface area contributed by atoms with Gasteiger partial charge in [-0.05, 0) is 48.5 Å². The first-order valence-electron chi connectivity index (χ1n) is 9.48. The molecule has 168 valence electrons. The van der Waals surface area contributed by atoms with Gasteiger partial charge in [-0.15, -0.1) is 0 Å². The summed E-state index contributed by atoms with van der Waals surface area (Å²) in [5.41, 5.74) is -2.00. The highest BCUT2D eigenvalue weighted by molar-refractivity contribution is 6.58. The average molecular weight is 444 g/mol. The monoisotopic (exact) mass is 443 g/mol. The number of halogens is 1. The molecule has 30 heavy (non-hydrogen) atoms. The molecule has 1 amide bonds. The molecule has 1 heterocycles. The predicted octanol–water partition coefficient (Wildman–Crippen LogP) is 3.17. The third-order valence-corrected chi connectivity index (χ3v) is 4.28. The maximum absolute atomic E-state index is 13.3. The van der Waals surface area contributed by atoms with Crippen molar-refractivity contribution in [3.05, 3.63) is 24.3 Å². The Labute approximate surface area is 182 Å². The zero-order chi connectivity index (χ0) is 23.5. The van der Waals surface area contributed by atoms with Crippen LogP contribution in [-0.2, 0) is 28.6 Å². The number of esters is 2. The molecule has 9 heteroatoms. The van der Waals surface area contributed by atoms with Gasteiger partial charge in [-0.25, -0.2) is 14.4 Å². The van der Waals surface area contributed by atoms with Crippen LogP contribution in [0.25, 0.3) is 0 Å². The van der Waals surface area contributed by atoms with E-state index in [1.165, 1.54) is 17.1 Å². The van der Waals surface area contributed by atoms with Crippen molar-refractivity contribution < 1.29 is 33.4 Å². The molecule has 0 aromatic rings. The second kappa shape index (κ2) is 9.20. The fourth-order valence-corrected chi connectivity index (χ4v) is 2.74. The van der Waals surface area contributed by atoms with Crippen LogP contribution in [0.1, 0.15) is 48.5 Å². The maximum atomic E-state index is 13.3. The molecule has 0 aromatic heterocycles. The van der Waals surface area contributed by atoms with Gasteiger partial charge in [0, 0.05) is 5.57 Å². The lowest BCUT2D eigenvalue weighted by Gasteiger charge is -2.30. The van der Waals surface area contributed by atoms with Crippen molar-refractivity contribution in [2.75, 3.05) is 13.2 Å². The van der Waals surface area contributed by atoms with Crippen molar-refractivity contribution in [1.29, 1.82) is 0 Å². The molecule has 0 spiro atoms. The summed E-state index contributed by atoms with van der Waals surface area (Å²) >= 11 is 6.35. The molecule has 8 nitrogen and oxygen atoms in total. The molecule has 0 fully saturated rings. The fraction of sp³-hybridized carbons (Fsp3) is 0.619. The Hall–Kier alpha value is -2.35. The van der Waals surface area contributed by atoms with Gasteiger partial charge in [0.05, 0.1) is 12.6 Å². The third-order valence-electron chi connectivity index (χ3n) is 3.80. The van der Waals surface area contributed by atoms with Gasteiger partial charge in [0.15, 0.2) is 0 Å². The molecule has 1 aliphatic heterocycles. The number of rotatable bonds is 6. The second-order valence-electron chi connectivity index (χ2n) is 8.92. The summed E-state index contributed by atoms with van der Waals surface area (Å²) in [6.45, 7) is 14.4. The van der Waals surface area contributed by atoms with Crippen LogP contribution < -0.4 is 0 Å². The first kappa shape index (κ1) is 25.7. The van der Waals surface area contributed by atoms with Gasteiger partial charge >= 0.3 is 18.0 Å². The standard InChI is InChI=1S/C21H30ClNO7/c1-9-10-28-18(27)23-12-14(11-13(23)2)15(24)21(22,16(25)29-19(3,4)5)17(26)30-20(6,7)8/h9,11,13H,1,10,12H2,2-8H3/t13-/m0/s1. The summed E-state index contributed by atoms with van der Waals surface area (Å²) in [6, 6.07) is -0.514. The van der Waals surface area contributed by atoms with Crippen molar-refractivity contribution in [3.8, 4) is 0 Å². The van der Waals surface area contributed by atoms with Crippen LogP contribution in [0.5, 0.6) is 0 Å². The highest BCUT2D eigenvalue weighted by Crippen LogP contribution is 2.31. The van der Waals surface area contributed by atoms with Gasteiger partial charge in [-0.2, -0.15) is 0 Å². The number of hydrogen-bond donors (Lipinski definition) is 0. The lowest BCUT2D eigenvalue weighted by molar-refractivity contribution is -0.172. The highest BCUT2D eigenvalue weighted by Gasteiger charge is 2.57. The number of ketones is 1. The zero-order valence-corrected chi connectivity index (χ0v) is 19.3. The SMILES string of the molecule is C=CCOC(=O)N1CC(C(=O)C(Cl)(C(=O)OC(C)(C)C)C(=O)OC(C)(C)C)=C[C@@H]1C. The van der Waals surface area contributed by atoms with Crippen molar-refractivity contribution in [2.45, 2.75) is 70.6 Å². The van der Waals surface area contributed by atoms with Gasteiger partial charge in [-0.3, -0.25) is 9.69 Å². The molecule has 0 aliphatic carbocycles. The van der Waals surface area contributed by atoms with E-state index in [2.05, 4.69) is 6.58 Å². The summed E-state index contributed by atoms with van der Waals surface area (Å²) in [5.74, 6) is -3.48. The van der Waals surface area contributed by atoms with Crippen LogP contribution in [-0.4, -0.2) is 64.0 Å². The third kappa shape index (κ3) is 6.32. The van der Waals surface area contributed by atoms with E-state index >= 15 is 0 Å². The zero-order valence-electron chi connectivity index (χ0n) is 18.5. The van der Waals surface area contributed by atoms with E-state index in [0.717, 1.165) is 0 Å². The highest BCUT2D eigenvalue weighted by atomic mass is 35.5. The molecular formula is C21H30ClNO7. The summed E-state index contributed by atoms with van der Waals surface area (Å²) in [4.78, 5) is 49.6. The molecule has 1 rings (SSSR count). The molecule has 1 aliphatic rings. The Bertz CT molecular complexity index is 730. The van der Waals surface area contributed by atoms with E-state index in [-0.39, 0.29) is 18.7 Å². The Morgan fingerprint density at radius 3 is 1.97 bits per heavy atom. The Morgan fingerprint density at radius 2 is 1.57 bits per heavy atom. The molecule has 0 unspecified atom stereocenters. The summed E-state index contributed by atoms with van der Waals surface area (Å²) in [5, 5.41) is 0. The lowest BCUT2D eigenvalue weighted by atomic mass is 9.95. The van der Waals surface area contributed by atoms with Gasteiger partial charge in [-0.1, -0.05) is 30.3 Å². The average Bonchev–Trinajstić information content (AvgIpc) is 2.96. The summed E-state index contributed by atoms with van der Waals surface area (Å²) in [6.07, 6.45) is 2.19. The number of hydrogen-bond acceptors (Lipinski definition) is 7. The maximum Gasteiger partial charge on any atom is 0.410 e.